The molecule has 0 bridgehead atoms. The van der Waals surface area contributed by atoms with Gasteiger partial charge in [-0.25, -0.2) is 0 Å². The van der Waals surface area contributed by atoms with Crippen molar-refractivity contribution in [3.8, 4) is 28.7 Å². The van der Waals surface area contributed by atoms with Crippen molar-refractivity contribution in [3.63, 3.8) is 0 Å². The number of benzene rings is 2. The van der Waals surface area contributed by atoms with E-state index in [9.17, 15) is 10.2 Å². The Morgan fingerprint density at radius 3 is 2.64 bits per heavy atom. The van der Waals surface area contributed by atoms with Crippen molar-refractivity contribution in [2.75, 3.05) is 20.8 Å². The van der Waals surface area contributed by atoms with Gasteiger partial charge in [0.05, 0.1) is 20.8 Å². The van der Waals surface area contributed by atoms with Gasteiger partial charge < -0.3 is 24.4 Å². The summed E-state index contributed by atoms with van der Waals surface area (Å²) in [4.78, 5) is 0. The van der Waals surface area contributed by atoms with Crippen LogP contribution in [0.25, 0.3) is 0 Å². The zero-order valence-corrected chi connectivity index (χ0v) is 12.5. The number of hydrogen-bond donors (Lipinski definition) is 2. The molecule has 0 saturated heterocycles. The van der Waals surface area contributed by atoms with E-state index in [2.05, 4.69) is 0 Å². The van der Waals surface area contributed by atoms with Gasteiger partial charge in [-0.2, -0.15) is 0 Å². The SMILES string of the molecule is COc1ccc([C@@H]2COc3cc(O)ccc3C2)c(O)c1OC. The van der Waals surface area contributed by atoms with Gasteiger partial charge in [-0.15, -0.1) is 0 Å². The molecule has 0 amide bonds. The second kappa shape index (κ2) is 5.67. The van der Waals surface area contributed by atoms with Gasteiger partial charge in [0.15, 0.2) is 11.5 Å². The summed E-state index contributed by atoms with van der Waals surface area (Å²) in [5, 5.41) is 19.9. The normalized spacial score (nSPS) is 16.5. The third kappa shape index (κ3) is 2.39. The van der Waals surface area contributed by atoms with E-state index in [0.717, 1.165) is 17.5 Å². The van der Waals surface area contributed by atoms with Crippen LogP contribution in [-0.4, -0.2) is 31.0 Å². The maximum Gasteiger partial charge on any atom is 0.203 e. The fraction of sp³-hybridized carbons (Fsp3) is 0.294. The molecular weight excluding hydrogens is 284 g/mol. The Kier molecular flexibility index (Phi) is 3.71. The lowest BCUT2D eigenvalue weighted by Gasteiger charge is -2.27. The highest BCUT2D eigenvalue weighted by Gasteiger charge is 2.26. The van der Waals surface area contributed by atoms with E-state index in [-0.39, 0.29) is 17.4 Å². The third-order valence-corrected chi connectivity index (χ3v) is 3.95. The van der Waals surface area contributed by atoms with Crippen molar-refractivity contribution < 1.29 is 24.4 Å². The van der Waals surface area contributed by atoms with E-state index in [1.54, 1.807) is 18.2 Å². The Labute approximate surface area is 128 Å². The molecule has 0 fully saturated rings. The average molecular weight is 302 g/mol. The molecule has 116 valence electrons. The summed E-state index contributed by atoms with van der Waals surface area (Å²) >= 11 is 0. The van der Waals surface area contributed by atoms with E-state index in [4.69, 9.17) is 14.2 Å². The standard InChI is InChI=1S/C17H18O5/c1-20-14-6-5-13(16(19)17(14)21-2)11-7-10-3-4-12(18)8-15(10)22-9-11/h3-6,8,11,18-19H,7,9H2,1-2H3/t11-/m0/s1. The van der Waals surface area contributed by atoms with Gasteiger partial charge in [0, 0.05) is 17.5 Å². The van der Waals surface area contributed by atoms with Crippen LogP contribution in [-0.2, 0) is 6.42 Å². The lowest BCUT2D eigenvalue weighted by atomic mass is 9.89. The highest BCUT2D eigenvalue weighted by atomic mass is 16.5. The number of rotatable bonds is 3. The van der Waals surface area contributed by atoms with Crippen molar-refractivity contribution in [1.82, 2.24) is 0 Å². The number of phenols is 2. The van der Waals surface area contributed by atoms with Gasteiger partial charge >= 0.3 is 0 Å². The molecule has 5 heteroatoms. The van der Waals surface area contributed by atoms with E-state index >= 15 is 0 Å². The molecule has 0 unspecified atom stereocenters. The zero-order chi connectivity index (χ0) is 15.7. The molecule has 0 aliphatic carbocycles. The predicted octanol–water partition coefficient (Wildman–Crippen LogP) is 2.83. The smallest absolute Gasteiger partial charge is 0.203 e. The van der Waals surface area contributed by atoms with Crippen molar-refractivity contribution in [2.45, 2.75) is 12.3 Å². The molecule has 0 saturated carbocycles. The first kappa shape index (κ1) is 14.4. The Morgan fingerprint density at radius 2 is 1.91 bits per heavy atom. The van der Waals surface area contributed by atoms with Crippen LogP contribution in [0.5, 0.6) is 28.7 Å². The molecule has 22 heavy (non-hydrogen) atoms. The molecule has 1 aliphatic heterocycles. The molecule has 0 spiro atoms. The van der Waals surface area contributed by atoms with Crippen LogP contribution in [0, 0.1) is 0 Å². The molecule has 1 aliphatic rings. The second-order valence-corrected chi connectivity index (χ2v) is 5.24. The first-order chi connectivity index (χ1) is 10.6. The maximum absolute atomic E-state index is 10.4. The monoisotopic (exact) mass is 302 g/mol. The predicted molar refractivity (Wildman–Crippen MR) is 81.3 cm³/mol. The molecular formula is C17H18O5. The second-order valence-electron chi connectivity index (χ2n) is 5.24. The molecule has 5 nitrogen and oxygen atoms in total. The molecule has 3 rings (SSSR count). The van der Waals surface area contributed by atoms with Crippen LogP contribution in [0.15, 0.2) is 30.3 Å². The van der Waals surface area contributed by atoms with E-state index in [0.29, 0.717) is 23.9 Å². The lowest BCUT2D eigenvalue weighted by molar-refractivity contribution is 0.256. The number of aromatic hydroxyl groups is 2. The summed E-state index contributed by atoms with van der Waals surface area (Å²) in [6, 6.07) is 8.70. The Hall–Kier alpha value is -2.56. The largest absolute Gasteiger partial charge is 0.508 e. The molecule has 1 heterocycles. The Bertz CT molecular complexity index is 696. The minimum Gasteiger partial charge on any atom is -0.508 e. The number of fused-ring (bicyclic) bond motifs is 1. The summed E-state index contributed by atoms with van der Waals surface area (Å²) in [7, 11) is 3.03. The minimum absolute atomic E-state index is 0.0110. The topological polar surface area (TPSA) is 68.2 Å². The third-order valence-electron chi connectivity index (χ3n) is 3.95. The number of hydrogen-bond acceptors (Lipinski definition) is 5. The van der Waals surface area contributed by atoms with Crippen molar-refractivity contribution in [3.05, 3.63) is 41.5 Å². The van der Waals surface area contributed by atoms with Crippen LogP contribution in [0.2, 0.25) is 0 Å². The zero-order valence-electron chi connectivity index (χ0n) is 12.5. The quantitative estimate of drug-likeness (QED) is 0.912. The first-order valence-electron chi connectivity index (χ1n) is 7.02. The number of phenolic OH excluding ortho intramolecular Hbond substituents is 2. The molecule has 2 aromatic rings. The van der Waals surface area contributed by atoms with Crippen molar-refractivity contribution in [2.24, 2.45) is 0 Å². The van der Waals surface area contributed by atoms with E-state index < -0.39 is 0 Å². The number of methoxy groups -OCH3 is 2. The van der Waals surface area contributed by atoms with Crippen LogP contribution in [0.1, 0.15) is 17.0 Å². The van der Waals surface area contributed by atoms with Gasteiger partial charge in [0.2, 0.25) is 5.75 Å². The fourth-order valence-electron chi connectivity index (χ4n) is 2.82. The lowest BCUT2D eigenvalue weighted by Crippen LogP contribution is -2.19. The Morgan fingerprint density at radius 1 is 1.09 bits per heavy atom. The van der Waals surface area contributed by atoms with E-state index in [1.807, 2.05) is 12.1 Å². The van der Waals surface area contributed by atoms with Crippen molar-refractivity contribution in [1.29, 1.82) is 0 Å². The molecule has 2 aromatic carbocycles. The number of ether oxygens (including phenoxy) is 3. The van der Waals surface area contributed by atoms with Crippen LogP contribution < -0.4 is 14.2 Å². The minimum atomic E-state index is 0.0110. The summed E-state index contributed by atoms with van der Waals surface area (Å²) in [5.74, 6) is 1.79. The molecule has 2 N–H and O–H groups in total. The van der Waals surface area contributed by atoms with Crippen LogP contribution in [0.3, 0.4) is 0 Å². The molecule has 0 radical (unpaired) electrons. The van der Waals surface area contributed by atoms with Gasteiger partial charge in [-0.1, -0.05) is 12.1 Å². The van der Waals surface area contributed by atoms with Gasteiger partial charge in [0.25, 0.3) is 0 Å². The van der Waals surface area contributed by atoms with Gasteiger partial charge in [-0.05, 0) is 24.1 Å². The van der Waals surface area contributed by atoms with Crippen LogP contribution in [0.4, 0.5) is 0 Å². The highest BCUT2D eigenvalue weighted by molar-refractivity contribution is 5.56. The van der Waals surface area contributed by atoms with Gasteiger partial charge in [0.1, 0.15) is 11.5 Å². The Balaban J connectivity index is 1.94. The fourth-order valence-corrected chi connectivity index (χ4v) is 2.82. The maximum atomic E-state index is 10.4. The van der Waals surface area contributed by atoms with Gasteiger partial charge in [-0.3, -0.25) is 0 Å². The summed E-state index contributed by atoms with van der Waals surface area (Å²) in [5.41, 5.74) is 1.76. The summed E-state index contributed by atoms with van der Waals surface area (Å²) in [6.45, 7) is 0.430. The van der Waals surface area contributed by atoms with Crippen molar-refractivity contribution >= 4 is 0 Å². The summed E-state index contributed by atoms with van der Waals surface area (Å²) in [6.07, 6.45) is 0.721. The first-order valence-corrected chi connectivity index (χ1v) is 7.02. The van der Waals surface area contributed by atoms with E-state index in [1.165, 1.54) is 14.2 Å². The molecule has 0 aromatic heterocycles. The molecule has 1 atom stereocenters. The highest BCUT2D eigenvalue weighted by Crippen LogP contribution is 2.44. The average Bonchev–Trinajstić information content (AvgIpc) is 2.54. The summed E-state index contributed by atoms with van der Waals surface area (Å²) < 4.78 is 16.1. The van der Waals surface area contributed by atoms with Crippen LogP contribution >= 0.6 is 0 Å².